The molecule has 1 amide bonds. The van der Waals surface area contributed by atoms with Crippen molar-refractivity contribution >= 4 is 63.5 Å². The van der Waals surface area contributed by atoms with Gasteiger partial charge in [-0.1, -0.05) is 36.2 Å². The Bertz CT molecular complexity index is 1190. The number of halogens is 2. The summed E-state index contributed by atoms with van der Waals surface area (Å²) in [6.07, 6.45) is 3.05. The minimum atomic E-state index is -0.160. The number of amides is 1. The average molecular weight is 503 g/mol. The van der Waals surface area contributed by atoms with Gasteiger partial charge in [-0.05, 0) is 106 Å². The van der Waals surface area contributed by atoms with Crippen molar-refractivity contribution in [1.82, 2.24) is 5.32 Å². The van der Waals surface area contributed by atoms with Gasteiger partial charge in [-0.25, -0.2) is 4.99 Å². The van der Waals surface area contributed by atoms with E-state index in [-0.39, 0.29) is 11.4 Å². The summed E-state index contributed by atoms with van der Waals surface area (Å²) >= 11 is 13.7. The minimum Gasteiger partial charge on any atom is -0.364 e. The van der Waals surface area contributed by atoms with Crippen LogP contribution in [-0.4, -0.2) is 22.7 Å². The second-order valence-electron chi connectivity index (χ2n) is 9.70. The van der Waals surface area contributed by atoms with Crippen LogP contribution in [-0.2, 0) is 4.79 Å². The molecule has 0 saturated carbocycles. The predicted octanol–water partition coefficient (Wildman–Crippen LogP) is 7.69. The van der Waals surface area contributed by atoms with E-state index >= 15 is 0 Å². The normalized spacial score (nSPS) is 22.3. The first kappa shape index (κ1) is 24.2. The quantitative estimate of drug-likeness (QED) is 0.438. The Kier molecular flexibility index (Phi) is 6.60. The van der Waals surface area contributed by atoms with E-state index in [0.717, 1.165) is 17.5 Å². The van der Waals surface area contributed by atoms with Gasteiger partial charge in [-0.2, -0.15) is 0 Å². The van der Waals surface area contributed by atoms with Crippen molar-refractivity contribution < 1.29 is 4.79 Å². The monoisotopic (exact) mass is 501 g/mol. The number of aliphatic imine (C=N–C) groups is 1. The van der Waals surface area contributed by atoms with Crippen LogP contribution in [0.2, 0.25) is 10.0 Å². The molecule has 0 bridgehead atoms. The third-order valence-corrected chi connectivity index (χ3v) is 7.99. The molecular formula is C26H29Cl2N3OS. The van der Waals surface area contributed by atoms with E-state index in [2.05, 4.69) is 68.9 Å². The van der Waals surface area contributed by atoms with Crippen molar-refractivity contribution in [2.24, 2.45) is 4.99 Å². The highest BCUT2D eigenvalue weighted by Gasteiger charge is 2.38. The minimum absolute atomic E-state index is 0.0984. The first-order chi connectivity index (χ1) is 15.5. The molecule has 174 valence electrons. The molecule has 2 heterocycles. The number of thioether (sulfide) groups is 1. The summed E-state index contributed by atoms with van der Waals surface area (Å²) in [6, 6.07) is 10.2. The number of nitrogens with zero attached hydrogens (tertiary/aromatic N) is 2. The van der Waals surface area contributed by atoms with Crippen LogP contribution in [0.1, 0.15) is 63.6 Å². The van der Waals surface area contributed by atoms with E-state index in [4.69, 9.17) is 23.2 Å². The number of carbonyl (C=O) groups is 1. The molecule has 2 aliphatic heterocycles. The highest BCUT2D eigenvalue weighted by molar-refractivity contribution is 8.18. The highest BCUT2D eigenvalue weighted by Crippen LogP contribution is 2.46. The molecule has 1 fully saturated rings. The van der Waals surface area contributed by atoms with Crippen molar-refractivity contribution in [3.05, 3.63) is 62.0 Å². The molecule has 4 rings (SSSR count). The lowest BCUT2D eigenvalue weighted by molar-refractivity contribution is -0.115. The molecule has 2 aromatic rings. The van der Waals surface area contributed by atoms with Crippen molar-refractivity contribution in [3.63, 3.8) is 0 Å². The Labute approximate surface area is 210 Å². The van der Waals surface area contributed by atoms with Gasteiger partial charge in [-0.15, -0.1) is 0 Å². The summed E-state index contributed by atoms with van der Waals surface area (Å²) in [7, 11) is 0. The van der Waals surface area contributed by atoms with Gasteiger partial charge in [0.1, 0.15) is 0 Å². The van der Waals surface area contributed by atoms with Crippen molar-refractivity contribution in [2.75, 3.05) is 4.90 Å². The summed E-state index contributed by atoms with van der Waals surface area (Å²) in [6.45, 7) is 13.5. The van der Waals surface area contributed by atoms with Crippen molar-refractivity contribution in [3.8, 4) is 0 Å². The van der Waals surface area contributed by atoms with Gasteiger partial charge in [0.05, 0.1) is 20.6 Å². The smallest absolute Gasteiger partial charge is 0.264 e. The molecule has 0 aromatic heterocycles. The molecule has 7 heteroatoms. The molecule has 1 saturated heterocycles. The zero-order valence-electron chi connectivity index (χ0n) is 19.8. The van der Waals surface area contributed by atoms with E-state index in [1.54, 1.807) is 18.2 Å². The van der Waals surface area contributed by atoms with E-state index in [1.165, 1.54) is 23.0 Å². The maximum atomic E-state index is 12.7. The fourth-order valence-corrected chi connectivity index (χ4v) is 6.22. The number of hydrogen-bond donors (Lipinski definition) is 1. The first-order valence-corrected chi connectivity index (χ1v) is 12.7. The lowest BCUT2D eigenvalue weighted by atomic mass is 9.78. The first-order valence-electron chi connectivity index (χ1n) is 11.2. The van der Waals surface area contributed by atoms with Gasteiger partial charge in [0.2, 0.25) is 0 Å². The number of aryl methyl sites for hydroxylation is 1. The molecule has 0 spiro atoms. The number of anilines is 1. The molecule has 2 aromatic carbocycles. The Balaban J connectivity index is 1.69. The number of hydrogen-bond acceptors (Lipinski definition) is 4. The predicted molar refractivity (Wildman–Crippen MR) is 143 cm³/mol. The maximum Gasteiger partial charge on any atom is 0.264 e. The number of benzene rings is 2. The van der Waals surface area contributed by atoms with Crippen LogP contribution >= 0.6 is 35.0 Å². The van der Waals surface area contributed by atoms with Gasteiger partial charge in [0.25, 0.3) is 5.91 Å². The van der Waals surface area contributed by atoms with Crippen LogP contribution in [0.4, 0.5) is 11.4 Å². The molecule has 2 aliphatic rings. The molecule has 0 aliphatic carbocycles. The number of rotatable bonds is 3. The van der Waals surface area contributed by atoms with Crippen molar-refractivity contribution in [1.29, 1.82) is 0 Å². The highest BCUT2D eigenvalue weighted by atomic mass is 35.5. The number of amidine groups is 1. The lowest BCUT2D eigenvalue weighted by Gasteiger charge is -2.50. The third-order valence-electron chi connectivity index (χ3n) is 6.27. The topological polar surface area (TPSA) is 44.7 Å². The van der Waals surface area contributed by atoms with E-state index in [0.29, 0.717) is 37.8 Å². The molecule has 0 radical (unpaired) electrons. The molecular weight excluding hydrogens is 473 g/mol. The van der Waals surface area contributed by atoms with Gasteiger partial charge < -0.3 is 10.2 Å². The zero-order valence-corrected chi connectivity index (χ0v) is 22.1. The van der Waals surface area contributed by atoms with Gasteiger partial charge in [-0.3, -0.25) is 4.79 Å². The Hall–Kier alpha value is -1.95. The third kappa shape index (κ3) is 4.68. The molecule has 4 nitrogen and oxygen atoms in total. The van der Waals surface area contributed by atoms with E-state index in [1.807, 2.05) is 6.08 Å². The van der Waals surface area contributed by atoms with Gasteiger partial charge in [0.15, 0.2) is 5.17 Å². The summed E-state index contributed by atoms with van der Waals surface area (Å²) in [5.74, 6) is 0.280. The Morgan fingerprint density at radius 3 is 2.70 bits per heavy atom. The van der Waals surface area contributed by atoms with Crippen LogP contribution in [0.3, 0.4) is 0 Å². The summed E-state index contributed by atoms with van der Waals surface area (Å²) in [4.78, 5) is 20.3. The Morgan fingerprint density at radius 2 is 2.00 bits per heavy atom. The molecule has 1 atom stereocenters. The largest absolute Gasteiger partial charge is 0.364 e. The number of nitrogens with one attached hydrogen (secondary N) is 1. The average Bonchev–Trinajstić information content (AvgIpc) is 3.04. The van der Waals surface area contributed by atoms with Gasteiger partial charge >= 0.3 is 0 Å². The zero-order chi connectivity index (χ0) is 24.1. The standard InChI is InChI=1S/C26H29Cl2N3OS/c1-14(2)31-21-10-15(3)17(11-18(21)16(4)13-26(31,5)6)12-22-24(32)30-25(33-22)29-20-9-7-8-19(27)23(20)28/h7-12,14,16H,13H2,1-6H3,(H,29,30,32)/b22-12-. The number of fused-ring (bicyclic) bond motifs is 1. The van der Waals surface area contributed by atoms with Crippen LogP contribution in [0.15, 0.2) is 40.2 Å². The molecule has 1 unspecified atom stereocenters. The summed E-state index contributed by atoms with van der Waals surface area (Å²) in [5, 5.41) is 4.13. The van der Waals surface area contributed by atoms with E-state index in [9.17, 15) is 4.79 Å². The second kappa shape index (κ2) is 9.01. The fraction of sp³-hybridized carbons (Fsp3) is 0.385. The molecule has 1 N–H and O–H groups in total. The summed E-state index contributed by atoms with van der Waals surface area (Å²) in [5.41, 5.74) is 5.47. The SMILES string of the molecule is Cc1cc2c(cc1/C=C1\SC(=Nc3cccc(Cl)c3Cl)NC1=O)C(C)CC(C)(C)N2C(C)C. The fourth-order valence-electron chi connectivity index (χ4n) is 5.06. The summed E-state index contributed by atoms with van der Waals surface area (Å²) < 4.78 is 0. The van der Waals surface area contributed by atoms with Crippen LogP contribution in [0.25, 0.3) is 6.08 Å². The van der Waals surface area contributed by atoms with Crippen LogP contribution in [0, 0.1) is 6.92 Å². The van der Waals surface area contributed by atoms with Crippen molar-refractivity contribution in [2.45, 2.75) is 65.5 Å². The van der Waals surface area contributed by atoms with Gasteiger partial charge in [0, 0.05) is 17.3 Å². The number of carbonyl (C=O) groups excluding carboxylic acids is 1. The second-order valence-corrected chi connectivity index (χ2v) is 11.5. The van der Waals surface area contributed by atoms with Crippen LogP contribution < -0.4 is 10.2 Å². The molecule has 33 heavy (non-hydrogen) atoms. The lowest BCUT2D eigenvalue weighted by Crippen LogP contribution is -2.51. The maximum absolute atomic E-state index is 12.7. The Morgan fingerprint density at radius 1 is 1.27 bits per heavy atom. The van der Waals surface area contributed by atoms with E-state index < -0.39 is 0 Å². The van der Waals surface area contributed by atoms with Crippen LogP contribution in [0.5, 0.6) is 0 Å².